The van der Waals surface area contributed by atoms with Gasteiger partial charge in [0.15, 0.2) is 6.10 Å². The largest absolute Gasteiger partial charge is 0.453 e. The molecule has 0 aliphatic rings. The van der Waals surface area contributed by atoms with Gasteiger partial charge in [-0.2, -0.15) is 0 Å². The Morgan fingerprint density at radius 1 is 0.903 bits per heavy atom. The molecule has 5 heteroatoms. The number of ketones is 1. The van der Waals surface area contributed by atoms with Crippen molar-refractivity contribution in [2.45, 2.75) is 65.5 Å². The molecule has 0 bridgehead atoms. The summed E-state index contributed by atoms with van der Waals surface area (Å²) in [6.07, 6.45) is -0.772. The molecule has 5 nitrogen and oxygen atoms in total. The summed E-state index contributed by atoms with van der Waals surface area (Å²) in [5, 5.41) is 2.75. The van der Waals surface area contributed by atoms with Gasteiger partial charge in [-0.1, -0.05) is 89.2 Å². The molecular weight excluding hydrogens is 390 g/mol. The van der Waals surface area contributed by atoms with Gasteiger partial charge in [0.2, 0.25) is 11.7 Å². The number of nitrogens with one attached hydrogen (secondary N) is 1. The van der Waals surface area contributed by atoms with Gasteiger partial charge in [-0.15, -0.1) is 0 Å². The molecule has 2 aromatic rings. The minimum absolute atomic E-state index is 0.0118. The van der Waals surface area contributed by atoms with Crippen LogP contribution in [-0.2, 0) is 26.2 Å². The van der Waals surface area contributed by atoms with Crippen molar-refractivity contribution in [1.82, 2.24) is 5.32 Å². The highest BCUT2D eigenvalue weighted by atomic mass is 16.5. The van der Waals surface area contributed by atoms with Crippen LogP contribution in [0.3, 0.4) is 0 Å². The SMILES string of the molecule is CC(C)[C@H](NC(=O)Cc1ccccc1)C(=O)O[C@H](C)C(=O)c1ccc(C(C)(C)C)cc1. The second-order valence-electron chi connectivity index (χ2n) is 9.22. The minimum Gasteiger partial charge on any atom is -0.453 e. The summed E-state index contributed by atoms with van der Waals surface area (Å²) in [4.78, 5) is 37.8. The van der Waals surface area contributed by atoms with Crippen molar-refractivity contribution in [1.29, 1.82) is 0 Å². The van der Waals surface area contributed by atoms with Gasteiger partial charge in [0.05, 0.1) is 6.42 Å². The van der Waals surface area contributed by atoms with Gasteiger partial charge < -0.3 is 10.1 Å². The summed E-state index contributed by atoms with van der Waals surface area (Å²) in [5.41, 5.74) is 2.46. The van der Waals surface area contributed by atoms with Crippen LogP contribution in [0.2, 0.25) is 0 Å². The maximum atomic E-state index is 12.7. The molecule has 0 aliphatic heterocycles. The second-order valence-corrected chi connectivity index (χ2v) is 9.22. The van der Waals surface area contributed by atoms with E-state index in [-0.39, 0.29) is 29.4 Å². The molecule has 2 atom stereocenters. The standard InChI is InChI=1S/C26H33NO4/c1-17(2)23(27-22(28)16-19-10-8-7-9-11-19)25(30)31-18(3)24(29)20-12-14-21(15-13-20)26(4,5)6/h7-15,17-18,23H,16H2,1-6H3,(H,27,28)/t18-,23+/m1/s1. The Balaban J connectivity index is 2.00. The smallest absolute Gasteiger partial charge is 0.329 e. The summed E-state index contributed by atoms with van der Waals surface area (Å²) in [7, 11) is 0. The van der Waals surface area contributed by atoms with Crippen LogP contribution in [0.5, 0.6) is 0 Å². The van der Waals surface area contributed by atoms with E-state index in [2.05, 4.69) is 26.1 Å². The van der Waals surface area contributed by atoms with Crippen molar-refractivity contribution < 1.29 is 19.1 Å². The van der Waals surface area contributed by atoms with Crippen molar-refractivity contribution in [3.05, 3.63) is 71.3 Å². The van der Waals surface area contributed by atoms with E-state index in [1.54, 1.807) is 19.1 Å². The highest BCUT2D eigenvalue weighted by molar-refractivity contribution is 6.00. The second kappa shape index (κ2) is 10.4. The van der Waals surface area contributed by atoms with Crippen molar-refractivity contribution >= 4 is 17.7 Å². The third-order valence-corrected chi connectivity index (χ3v) is 5.14. The number of benzene rings is 2. The fourth-order valence-corrected chi connectivity index (χ4v) is 3.17. The normalized spacial score (nSPS) is 13.4. The first-order chi connectivity index (χ1) is 14.5. The van der Waals surface area contributed by atoms with Gasteiger partial charge in [0.1, 0.15) is 6.04 Å². The van der Waals surface area contributed by atoms with Crippen LogP contribution >= 0.6 is 0 Å². The zero-order valence-electron chi connectivity index (χ0n) is 19.3. The third kappa shape index (κ3) is 7.06. The lowest BCUT2D eigenvalue weighted by Crippen LogP contribution is -2.47. The van der Waals surface area contributed by atoms with E-state index >= 15 is 0 Å². The first-order valence-electron chi connectivity index (χ1n) is 10.7. The molecule has 0 saturated carbocycles. The minimum atomic E-state index is -0.944. The third-order valence-electron chi connectivity index (χ3n) is 5.14. The van der Waals surface area contributed by atoms with Crippen molar-refractivity contribution in [3.8, 4) is 0 Å². The number of hydrogen-bond acceptors (Lipinski definition) is 4. The van der Waals surface area contributed by atoms with Gasteiger partial charge in [-0.25, -0.2) is 4.79 Å². The summed E-state index contributed by atoms with van der Waals surface area (Å²) in [6, 6.07) is 15.8. The number of Topliss-reactive ketones (excluding diaryl/α,β-unsaturated/α-hetero) is 1. The van der Waals surface area contributed by atoms with Crippen molar-refractivity contribution in [2.24, 2.45) is 5.92 Å². The molecule has 0 aliphatic carbocycles. The van der Waals surface area contributed by atoms with Crippen LogP contribution in [0.1, 0.15) is 63.0 Å². The predicted octanol–water partition coefficient (Wildman–Crippen LogP) is 4.48. The van der Waals surface area contributed by atoms with Crippen LogP contribution in [-0.4, -0.2) is 29.8 Å². The molecule has 1 amide bonds. The van der Waals surface area contributed by atoms with E-state index in [4.69, 9.17) is 4.74 Å². The predicted molar refractivity (Wildman–Crippen MR) is 122 cm³/mol. The molecule has 1 N–H and O–H groups in total. The van der Waals surface area contributed by atoms with E-state index < -0.39 is 18.1 Å². The van der Waals surface area contributed by atoms with Crippen LogP contribution in [0.25, 0.3) is 0 Å². The summed E-state index contributed by atoms with van der Waals surface area (Å²) in [5.74, 6) is -1.32. The summed E-state index contributed by atoms with van der Waals surface area (Å²) in [6.45, 7) is 11.5. The molecule has 0 spiro atoms. The molecule has 0 radical (unpaired) electrons. The maximum absolute atomic E-state index is 12.7. The number of amides is 1. The molecule has 0 unspecified atom stereocenters. The molecule has 0 heterocycles. The Bertz CT molecular complexity index is 895. The van der Waals surface area contributed by atoms with Crippen molar-refractivity contribution in [2.75, 3.05) is 0 Å². The van der Waals surface area contributed by atoms with Crippen LogP contribution in [0.4, 0.5) is 0 Å². The zero-order chi connectivity index (χ0) is 23.2. The number of carbonyl (C=O) groups is 3. The summed E-state index contributed by atoms with van der Waals surface area (Å²) >= 11 is 0. The Kier molecular flexibility index (Phi) is 8.14. The highest BCUT2D eigenvalue weighted by Crippen LogP contribution is 2.22. The van der Waals surface area contributed by atoms with Gasteiger partial charge >= 0.3 is 5.97 Å². The number of rotatable bonds is 8. The monoisotopic (exact) mass is 423 g/mol. The first kappa shape index (κ1) is 24.3. The molecule has 0 aromatic heterocycles. The van der Waals surface area contributed by atoms with Crippen molar-refractivity contribution in [3.63, 3.8) is 0 Å². The topological polar surface area (TPSA) is 72.5 Å². The Morgan fingerprint density at radius 2 is 1.48 bits per heavy atom. The fraction of sp³-hybridized carbons (Fsp3) is 0.423. The Hall–Kier alpha value is -2.95. The average Bonchev–Trinajstić information content (AvgIpc) is 2.71. The van der Waals surface area contributed by atoms with E-state index in [1.807, 2.05) is 56.3 Å². The lowest BCUT2D eigenvalue weighted by molar-refractivity contribution is -0.151. The lowest BCUT2D eigenvalue weighted by Gasteiger charge is -2.23. The molecule has 166 valence electrons. The Morgan fingerprint density at radius 3 is 2.00 bits per heavy atom. The van der Waals surface area contributed by atoms with Crippen LogP contribution in [0.15, 0.2) is 54.6 Å². The van der Waals surface area contributed by atoms with E-state index in [0.29, 0.717) is 5.56 Å². The zero-order valence-corrected chi connectivity index (χ0v) is 19.3. The molecule has 0 saturated heterocycles. The van der Waals surface area contributed by atoms with E-state index in [9.17, 15) is 14.4 Å². The number of hydrogen-bond donors (Lipinski definition) is 1. The Labute approximate surface area is 185 Å². The molecule has 2 aromatic carbocycles. The first-order valence-corrected chi connectivity index (χ1v) is 10.7. The van der Waals surface area contributed by atoms with Crippen LogP contribution in [0, 0.1) is 5.92 Å². The average molecular weight is 424 g/mol. The molecular formula is C26H33NO4. The molecule has 0 fully saturated rings. The van der Waals surface area contributed by atoms with Crippen LogP contribution < -0.4 is 5.32 Å². The van der Waals surface area contributed by atoms with Gasteiger partial charge in [0, 0.05) is 5.56 Å². The quantitative estimate of drug-likeness (QED) is 0.502. The highest BCUT2D eigenvalue weighted by Gasteiger charge is 2.29. The lowest BCUT2D eigenvalue weighted by atomic mass is 9.86. The fourth-order valence-electron chi connectivity index (χ4n) is 3.17. The van der Waals surface area contributed by atoms with Gasteiger partial charge in [-0.3, -0.25) is 9.59 Å². The molecule has 31 heavy (non-hydrogen) atoms. The van der Waals surface area contributed by atoms with Gasteiger partial charge in [0.25, 0.3) is 0 Å². The number of carbonyl (C=O) groups excluding carboxylic acids is 3. The molecule has 2 rings (SSSR count). The van der Waals surface area contributed by atoms with E-state index in [0.717, 1.165) is 11.1 Å². The van der Waals surface area contributed by atoms with E-state index in [1.165, 1.54) is 0 Å². The van der Waals surface area contributed by atoms with Gasteiger partial charge in [-0.05, 0) is 29.4 Å². The maximum Gasteiger partial charge on any atom is 0.329 e. The number of ether oxygens (including phenoxy) is 1. The number of esters is 1. The summed E-state index contributed by atoms with van der Waals surface area (Å²) < 4.78 is 5.44.